The minimum absolute atomic E-state index is 0.0903. The van der Waals surface area contributed by atoms with Crippen LogP contribution in [0.1, 0.15) is 189 Å². The van der Waals surface area contributed by atoms with Crippen LogP contribution >= 0.6 is 0 Å². The highest BCUT2D eigenvalue weighted by molar-refractivity contribution is 5.80. The van der Waals surface area contributed by atoms with Gasteiger partial charge in [0, 0.05) is 0 Å². The standard InChI is InChI=1S/C39H76N2O5/c1-6-10-12-14-16-18-20-22-24-26-28-35(8-3)38(43)45-32-30-41(37(42)34(5)40)31-33-46-39(44)36(9-4)29-27-25-23-21-19-17-15-13-11-7-2/h34-36H,6-33,40H2,1-5H3/p+1. The van der Waals surface area contributed by atoms with Gasteiger partial charge in [0.05, 0.1) is 24.9 Å². The van der Waals surface area contributed by atoms with Crippen molar-refractivity contribution in [3.8, 4) is 0 Å². The zero-order chi connectivity index (χ0) is 34.3. The molecule has 7 heteroatoms. The summed E-state index contributed by atoms with van der Waals surface area (Å²) >= 11 is 0. The first kappa shape index (κ1) is 44.4. The fraction of sp³-hybridized carbons (Fsp3) is 0.923. The monoisotopic (exact) mass is 654 g/mol. The maximum atomic E-state index is 12.8. The summed E-state index contributed by atoms with van der Waals surface area (Å²) in [5.74, 6) is -0.642. The fourth-order valence-electron chi connectivity index (χ4n) is 6.13. The van der Waals surface area contributed by atoms with E-state index < -0.39 is 6.04 Å². The fourth-order valence-corrected chi connectivity index (χ4v) is 6.13. The third-order valence-corrected chi connectivity index (χ3v) is 9.41. The molecule has 0 rings (SSSR count). The number of hydrogen-bond acceptors (Lipinski definition) is 5. The van der Waals surface area contributed by atoms with Gasteiger partial charge in [-0.3, -0.25) is 14.4 Å². The summed E-state index contributed by atoms with van der Waals surface area (Å²) < 4.78 is 11.2. The average Bonchev–Trinajstić information content (AvgIpc) is 3.05. The van der Waals surface area contributed by atoms with Crippen molar-refractivity contribution < 1.29 is 29.6 Å². The predicted octanol–water partition coefficient (Wildman–Crippen LogP) is 9.21. The first-order valence-corrected chi connectivity index (χ1v) is 19.8. The Morgan fingerprint density at radius 2 is 0.826 bits per heavy atom. The van der Waals surface area contributed by atoms with E-state index in [1.54, 1.807) is 11.8 Å². The number of carbonyl (C=O) groups is 3. The molecule has 0 bridgehead atoms. The zero-order valence-corrected chi connectivity index (χ0v) is 31.2. The van der Waals surface area contributed by atoms with Gasteiger partial charge in [-0.1, -0.05) is 156 Å². The highest BCUT2D eigenvalue weighted by Crippen LogP contribution is 2.19. The van der Waals surface area contributed by atoms with Crippen molar-refractivity contribution in [3.05, 3.63) is 0 Å². The Labute approximate surface area is 284 Å². The summed E-state index contributed by atoms with van der Waals surface area (Å²) in [4.78, 5) is 39.9. The quantitative estimate of drug-likeness (QED) is 0.0562. The second-order valence-electron chi connectivity index (χ2n) is 13.7. The van der Waals surface area contributed by atoms with Gasteiger partial charge in [-0.2, -0.15) is 0 Å². The number of nitrogens with zero attached hydrogens (tertiary/aromatic N) is 1. The molecule has 0 fully saturated rings. The first-order chi connectivity index (χ1) is 22.3. The maximum Gasteiger partial charge on any atom is 0.308 e. The molecule has 0 heterocycles. The molecule has 0 aliphatic rings. The Kier molecular flexibility index (Phi) is 30.8. The summed E-state index contributed by atoms with van der Waals surface area (Å²) in [5, 5.41) is 0. The SMILES string of the molecule is CCCCCCCCCCCCC(CC)C(=O)OCCN(CCOC(=O)C(CC)CCCCCCCCCCCC)C(=O)C(C)[NH3+]. The van der Waals surface area contributed by atoms with Crippen LogP contribution in [0.15, 0.2) is 0 Å². The number of amides is 1. The molecule has 0 aromatic rings. The number of unbranched alkanes of at least 4 members (excludes halogenated alkanes) is 18. The number of rotatable bonds is 33. The molecule has 0 aliphatic heterocycles. The molecule has 0 saturated heterocycles. The van der Waals surface area contributed by atoms with E-state index in [4.69, 9.17) is 9.47 Å². The highest BCUT2D eigenvalue weighted by Gasteiger charge is 2.23. The van der Waals surface area contributed by atoms with Crippen LogP contribution in [-0.4, -0.2) is 55.1 Å². The Balaban J connectivity index is 4.33. The van der Waals surface area contributed by atoms with Crippen molar-refractivity contribution in [2.45, 2.75) is 195 Å². The summed E-state index contributed by atoms with van der Waals surface area (Å²) in [6.07, 6.45) is 28.8. The molecule has 7 nitrogen and oxygen atoms in total. The lowest BCUT2D eigenvalue weighted by atomic mass is 9.98. The molecule has 3 N–H and O–H groups in total. The van der Waals surface area contributed by atoms with Crippen LogP contribution < -0.4 is 5.73 Å². The van der Waals surface area contributed by atoms with Gasteiger partial charge in [0.2, 0.25) is 0 Å². The molecule has 0 aliphatic carbocycles. The van der Waals surface area contributed by atoms with Crippen LogP contribution in [0.25, 0.3) is 0 Å². The first-order valence-electron chi connectivity index (χ1n) is 19.8. The van der Waals surface area contributed by atoms with E-state index in [0.717, 1.165) is 38.5 Å². The Hall–Kier alpha value is -1.63. The molecule has 1 amide bonds. The van der Waals surface area contributed by atoms with Gasteiger partial charge in [0.1, 0.15) is 13.2 Å². The van der Waals surface area contributed by atoms with Gasteiger partial charge in [-0.05, 0) is 32.6 Å². The lowest BCUT2D eigenvalue weighted by Crippen LogP contribution is -2.66. The lowest BCUT2D eigenvalue weighted by Gasteiger charge is -2.24. The van der Waals surface area contributed by atoms with Gasteiger partial charge in [-0.15, -0.1) is 0 Å². The Morgan fingerprint density at radius 1 is 0.522 bits per heavy atom. The van der Waals surface area contributed by atoms with E-state index in [-0.39, 0.29) is 56.0 Å². The van der Waals surface area contributed by atoms with E-state index in [1.165, 1.54) is 116 Å². The normalized spacial score (nSPS) is 13.3. The smallest absolute Gasteiger partial charge is 0.308 e. The van der Waals surface area contributed by atoms with Crippen LogP contribution in [-0.2, 0) is 23.9 Å². The minimum atomic E-state index is -0.425. The van der Waals surface area contributed by atoms with Crippen molar-refractivity contribution in [2.75, 3.05) is 26.3 Å². The molecule has 0 saturated carbocycles. The highest BCUT2D eigenvalue weighted by atomic mass is 16.5. The molecule has 46 heavy (non-hydrogen) atoms. The van der Waals surface area contributed by atoms with Crippen LogP contribution in [0.3, 0.4) is 0 Å². The molecule has 0 radical (unpaired) electrons. The van der Waals surface area contributed by atoms with E-state index in [9.17, 15) is 14.4 Å². The van der Waals surface area contributed by atoms with Crippen LogP contribution in [0.2, 0.25) is 0 Å². The van der Waals surface area contributed by atoms with Crippen molar-refractivity contribution in [1.29, 1.82) is 0 Å². The number of ether oxygens (including phenoxy) is 2. The molecule has 3 unspecified atom stereocenters. The molecular weight excluding hydrogens is 576 g/mol. The van der Waals surface area contributed by atoms with Gasteiger partial charge in [-0.25, -0.2) is 0 Å². The number of quaternary nitrogens is 1. The summed E-state index contributed by atoms with van der Waals surface area (Å²) in [6.45, 7) is 11.2. The van der Waals surface area contributed by atoms with E-state index in [1.807, 2.05) is 13.8 Å². The van der Waals surface area contributed by atoms with E-state index in [2.05, 4.69) is 19.6 Å². The number of esters is 2. The zero-order valence-electron chi connectivity index (χ0n) is 31.2. The maximum absolute atomic E-state index is 12.8. The summed E-state index contributed by atoms with van der Waals surface area (Å²) in [5.41, 5.74) is 3.88. The van der Waals surface area contributed by atoms with Gasteiger partial charge >= 0.3 is 11.9 Å². The molecule has 272 valence electrons. The summed E-state index contributed by atoms with van der Waals surface area (Å²) in [7, 11) is 0. The minimum Gasteiger partial charge on any atom is -0.464 e. The molecule has 0 aromatic carbocycles. The molecule has 0 spiro atoms. The lowest BCUT2D eigenvalue weighted by molar-refractivity contribution is -0.400. The van der Waals surface area contributed by atoms with Crippen molar-refractivity contribution in [2.24, 2.45) is 11.8 Å². The number of hydrogen-bond donors (Lipinski definition) is 1. The van der Waals surface area contributed by atoms with E-state index in [0.29, 0.717) is 0 Å². The van der Waals surface area contributed by atoms with Gasteiger partial charge in [0.25, 0.3) is 5.91 Å². The van der Waals surface area contributed by atoms with E-state index >= 15 is 0 Å². The van der Waals surface area contributed by atoms with Gasteiger partial charge in [0.15, 0.2) is 6.04 Å². The average molecular weight is 654 g/mol. The largest absolute Gasteiger partial charge is 0.464 e. The van der Waals surface area contributed by atoms with Gasteiger partial charge < -0.3 is 20.1 Å². The number of carbonyl (C=O) groups excluding carboxylic acids is 3. The van der Waals surface area contributed by atoms with Crippen LogP contribution in [0, 0.1) is 11.8 Å². The molecule has 3 atom stereocenters. The third kappa shape index (κ3) is 24.5. The molecule has 0 aromatic heterocycles. The van der Waals surface area contributed by atoms with Crippen molar-refractivity contribution in [1.82, 2.24) is 4.90 Å². The van der Waals surface area contributed by atoms with Crippen molar-refractivity contribution >= 4 is 17.8 Å². The predicted molar refractivity (Wildman–Crippen MR) is 191 cm³/mol. The van der Waals surface area contributed by atoms with Crippen molar-refractivity contribution in [3.63, 3.8) is 0 Å². The second kappa shape index (κ2) is 31.9. The second-order valence-corrected chi connectivity index (χ2v) is 13.7. The third-order valence-electron chi connectivity index (χ3n) is 9.41. The topological polar surface area (TPSA) is 101 Å². The van der Waals surface area contributed by atoms with Crippen LogP contribution in [0.5, 0.6) is 0 Å². The Morgan fingerprint density at radius 3 is 1.11 bits per heavy atom. The Bertz CT molecular complexity index is 679. The van der Waals surface area contributed by atoms with Crippen LogP contribution in [0.4, 0.5) is 0 Å². The molecular formula is C39H77N2O5+. The summed E-state index contributed by atoms with van der Waals surface area (Å²) in [6, 6.07) is -0.425.